The Morgan fingerprint density at radius 1 is 1.21 bits per heavy atom. The summed E-state index contributed by atoms with van der Waals surface area (Å²) < 4.78 is 49.3. The minimum absolute atomic E-state index is 0.0277. The number of nitrogens with zero attached hydrogens (tertiary/aromatic N) is 1. The summed E-state index contributed by atoms with van der Waals surface area (Å²) in [5.41, 5.74) is -1.04. The van der Waals surface area contributed by atoms with Crippen LogP contribution >= 0.6 is 11.8 Å². The molecule has 2 aromatic carbocycles. The van der Waals surface area contributed by atoms with Gasteiger partial charge in [0.05, 0.1) is 29.9 Å². The number of methoxy groups -OCH3 is 1. The Balaban J connectivity index is 1.77. The molecule has 12 heteroatoms. The molecule has 0 spiro atoms. The number of halogens is 3. The molecule has 3 rings (SSSR count). The molecule has 0 atom stereocenters. The minimum atomic E-state index is -4.64. The number of nitrogens with one attached hydrogen (secondary N) is 1. The van der Waals surface area contributed by atoms with Crippen molar-refractivity contribution in [1.29, 1.82) is 0 Å². The lowest BCUT2D eigenvalue weighted by Crippen LogP contribution is -2.36. The Morgan fingerprint density at radius 3 is 2.59 bits per heavy atom. The Labute approximate surface area is 196 Å². The molecule has 0 aliphatic carbocycles. The highest BCUT2D eigenvalue weighted by Gasteiger charge is 2.37. The van der Waals surface area contributed by atoms with Gasteiger partial charge in [0.15, 0.2) is 11.5 Å². The Morgan fingerprint density at radius 2 is 1.94 bits per heavy atom. The maximum atomic E-state index is 13.0. The number of alkyl halides is 3. The second kappa shape index (κ2) is 10.1. The number of hydrogen-bond acceptors (Lipinski definition) is 7. The van der Waals surface area contributed by atoms with E-state index in [0.29, 0.717) is 29.3 Å². The molecule has 34 heavy (non-hydrogen) atoms. The van der Waals surface area contributed by atoms with E-state index >= 15 is 0 Å². The summed E-state index contributed by atoms with van der Waals surface area (Å²) >= 11 is 0.559. The summed E-state index contributed by atoms with van der Waals surface area (Å²) in [5.74, 6) is -1.74. The van der Waals surface area contributed by atoms with E-state index in [2.05, 4.69) is 5.32 Å². The van der Waals surface area contributed by atoms with E-state index in [1.165, 1.54) is 25.3 Å². The summed E-state index contributed by atoms with van der Waals surface area (Å²) in [6.45, 7) is 1.31. The molecule has 180 valence electrons. The number of aromatic hydroxyl groups is 1. The van der Waals surface area contributed by atoms with Crippen LogP contribution in [0.1, 0.15) is 18.1 Å². The van der Waals surface area contributed by atoms with Gasteiger partial charge in [-0.3, -0.25) is 19.3 Å². The molecule has 0 bridgehead atoms. The minimum Gasteiger partial charge on any atom is -0.504 e. The van der Waals surface area contributed by atoms with Crippen LogP contribution in [0.25, 0.3) is 6.08 Å². The van der Waals surface area contributed by atoms with Gasteiger partial charge in [0.25, 0.3) is 11.1 Å². The Bertz CT molecular complexity index is 1170. The number of phenols is 1. The fourth-order valence-corrected chi connectivity index (χ4v) is 3.85. The van der Waals surface area contributed by atoms with Crippen molar-refractivity contribution in [2.24, 2.45) is 0 Å². The van der Waals surface area contributed by atoms with Crippen molar-refractivity contribution in [2.45, 2.75) is 13.1 Å². The van der Waals surface area contributed by atoms with Gasteiger partial charge in [-0.2, -0.15) is 13.2 Å². The van der Waals surface area contributed by atoms with E-state index in [-0.39, 0.29) is 33.4 Å². The highest BCUT2D eigenvalue weighted by Crippen LogP contribution is 2.37. The quantitative estimate of drug-likeness (QED) is 0.544. The van der Waals surface area contributed by atoms with E-state index in [9.17, 15) is 32.7 Å². The topological polar surface area (TPSA) is 105 Å². The molecular weight excluding hydrogens is 477 g/mol. The van der Waals surface area contributed by atoms with E-state index in [1.807, 2.05) is 0 Å². The normalized spacial score (nSPS) is 15.1. The molecule has 2 N–H and O–H groups in total. The molecule has 1 aliphatic heterocycles. The Kier molecular flexibility index (Phi) is 7.40. The zero-order chi connectivity index (χ0) is 25.0. The third-order valence-electron chi connectivity index (χ3n) is 4.59. The smallest absolute Gasteiger partial charge is 0.416 e. The van der Waals surface area contributed by atoms with Gasteiger partial charge in [0.1, 0.15) is 12.3 Å². The number of carbonyl (C=O) groups excluding carboxylic acids is 3. The number of para-hydroxylation sites is 1. The molecule has 1 fully saturated rings. The number of hydrogen-bond donors (Lipinski definition) is 2. The highest BCUT2D eigenvalue weighted by molar-refractivity contribution is 8.18. The van der Waals surface area contributed by atoms with Crippen molar-refractivity contribution >= 4 is 40.6 Å². The maximum Gasteiger partial charge on any atom is 0.416 e. The summed E-state index contributed by atoms with van der Waals surface area (Å²) in [6.07, 6.45) is -3.36. The van der Waals surface area contributed by atoms with E-state index in [1.54, 1.807) is 13.0 Å². The second-order valence-electron chi connectivity index (χ2n) is 6.86. The fraction of sp³-hybridized carbons (Fsp3) is 0.227. The summed E-state index contributed by atoms with van der Waals surface area (Å²) in [7, 11) is 1.22. The van der Waals surface area contributed by atoms with Crippen molar-refractivity contribution < 1.29 is 42.1 Å². The molecule has 2 aromatic rings. The molecular formula is C22H19F3N2O6S. The molecule has 1 heterocycles. The number of carbonyl (C=O) groups is 3. The lowest BCUT2D eigenvalue weighted by Gasteiger charge is -2.16. The van der Waals surface area contributed by atoms with Gasteiger partial charge >= 0.3 is 6.18 Å². The molecule has 3 amide bonds. The molecule has 1 aliphatic rings. The zero-order valence-corrected chi connectivity index (χ0v) is 18.7. The van der Waals surface area contributed by atoms with Crippen LogP contribution in [0.4, 0.5) is 23.7 Å². The lowest BCUT2D eigenvalue weighted by atomic mass is 10.1. The molecule has 0 radical (unpaired) electrons. The predicted octanol–water partition coefficient (Wildman–Crippen LogP) is 4.49. The number of ether oxygens (including phenoxy) is 2. The number of amides is 3. The molecule has 0 saturated carbocycles. The summed E-state index contributed by atoms with van der Waals surface area (Å²) in [5, 5.41) is 11.8. The van der Waals surface area contributed by atoms with Crippen LogP contribution in [0.2, 0.25) is 0 Å². The molecule has 0 aromatic heterocycles. The first-order valence-corrected chi connectivity index (χ1v) is 10.6. The third kappa shape index (κ3) is 5.45. The summed E-state index contributed by atoms with van der Waals surface area (Å²) in [6, 6.07) is 7.18. The highest BCUT2D eigenvalue weighted by atomic mass is 32.2. The van der Waals surface area contributed by atoms with E-state index < -0.39 is 35.3 Å². The van der Waals surface area contributed by atoms with Crippen LogP contribution in [0.3, 0.4) is 0 Å². The number of benzene rings is 2. The lowest BCUT2D eigenvalue weighted by molar-refractivity contribution is -0.137. The fourth-order valence-electron chi connectivity index (χ4n) is 3.02. The summed E-state index contributed by atoms with van der Waals surface area (Å²) in [4.78, 5) is 38.1. The number of thioether (sulfide) groups is 1. The van der Waals surface area contributed by atoms with Crippen LogP contribution in [-0.2, 0) is 15.8 Å². The monoisotopic (exact) mass is 496 g/mol. The standard InChI is InChI=1S/C22H19F3N2O6S/c1-3-33-16-6-4-5-12(19(16)29)9-17-20(30)27(21(31)34-17)11-18(28)26-14-10-13(22(23,24)25)7-8-15(14)32-2/h4-10,29H,3,11H2,1-2H3,(H,26,28). The predicted molar refractivity (Wildman–Crippen MR) is 119 cm³/mol. The van der Waals surface area contributed by atoms with Gasteiger partial charge in [-0.05, 0) is 49.0 Å². The second-order valence-corrected chi connectivity index (χ2v) is 7.85. The van der Waals surface area contributed by atoms with Crippen molar-refractivity contribution in [3.63, 3.8) is 0 Å². The van der Waals surface area contributed by atoms with Crippen LogP contribution < -0.4 is 14.8 Å². The van der Waals surface area contributed by atoms with Crippen LogP contribution in [0.5, 0.6) is 17.2 Å². The number of imide groups is 1. The third-order valence-corrected chi connectivity index (χ3v) is 5.50. The van der Waals surface area contributed by atoms with Gasteiger partial charge in [0.2, 0.25) is 5.91 Å². The van der Waals surface area contributed by atoms with Crippen molar-refractivity contribution in [2.75, 3.05) is 25.6 Å². The van der Waals surface area contributed by atoms with E-state index in [4.69, 9.17) is 9.47 Å². The van der Waals surface area contributed by atoms with Crippen LogP contribution in [0.15, 0.2) is 41.3 Å². The largest absolute Gasteiger partial charge is 0.504 e. The first-order chi connectivity index (χ1) is 16.0. The zero-order valence-electron chi connectivity index (χ0n) is 17.9. The van der Waals surface area contributed by atoms with E-state index in [0.717, 1.165) is 12.1 Å². The molecule has 0 unspecified atom stereocenters. The Hall–Kier alpha value is -3.67. The first kappa shape index (κ1) is 25.0. The number of anilines is 1. The van der Waals surface area contributed by atoms with Gasteiger partial charge < -0.3 is 19.9 Å². The van der Waals surface area contributed by atoms with Crippen molar-refractivity contribution in [1.82, 2.24) is 4.90 Å². The van der Waals surface area contributed by atoms with Crippen LogP contribution in [-0.4, -0.2) is 47.3 Å². The molecule has 8 nitrogen and oxygen atoms in total. The average Bonchev–Trinajstić information content (AvgIpc) is 3.03. The van der Waals surface area contributed by atoms with Crippen molar-refractivity contribution in [3.05, 3.63) is 52.4 Å². The first-order valence-electron chi connectivity index (χ1n) is 9.80. The van der Waals surface area contributed by atoms with Gasteiger partial charge in [-0.25, -0.2) is 0 Å². The number of phenolic OH excluding ortho intramolecular Hbond substituents is 1. The van der Waals surface area contributed by atoms with Crippen LogP contribution in [0, 0.1) is 0 Å². The number of rotatable bonds is 7. The van der Waals surface area contributed by atoms with Crippen molar-refractivity contribution in [3.8, 4) is 17.2 Å². The van der Waals surface area contributed by atoms with Gasteiger partial charge in [-0.1, -0.05) is 12.1 Å². The SMILES string of the molecule is CCOc1cccc(C=C2SC(=O)N(CC(=O)Nc3cc(C(F)(F)F)ccc3OC)C2=O)c1O. The van der Waals surface area contributed by atoms with Gasteiger partial charge in [-0.15, -0.1) is 0 Å². The average molecular weight is 496 g/mol. The molecule has 1 saturated heterocycles. The van der Waals surface area contributed by atoms with Gasteiger partial charge in [0, 0.05) is 5.56 Å². The maximum absolute atomic E-state index is 13.0.